The Labute approximate surface area is 131 Å². The van der Waals surface area contributed by atoms with Crippen LogP contribution in [0.1, 0.15) is 12.5 Å². The molecule has 1 atom stereocenters. The first-order valence-corrected chi connectivity index (χ1v) is 7.24. The van der Waals surface area contributed by atoms with E-state index in [1.54, 1.807) is 31.2 Å². The normalized spacial score (nSPS) is 11.5. The van der Waals surface area contributed by atoms with E-state index in [1.807, 2.05) is 6.07 Å². The third-order valence-corrected chi connectivity index (χ3v) is 3.66. The molecule has 2 rings (SSSR count). The quantitative estimate of drug-likeness (QED) is 0.577. The molecule has 8 heteroatoms. The average molecular weight is 314 g/mol. The standard InChI is InChI=1S/C14H14N6OS/c1-8(22-14-19-11(16)6-12(17)20-14)13(21)18-10-5-3-2-4-9(10)7-15/h2-6,8H,1H3,(H,18,21)(H4,16,17,19,20). The molecule has 1 heterocycles. The summed E-state index contributed by atoms with van der Waals surface area (Å²) >= 11 is 1.14. The third-order valence-electron chi connectivity index (χ3n) is 2.70. The Balaban J connectivity index is 2.08. The number of para-hydroxylation sites is 1. The predicted octanol–water partition coefficient (Wildman–Crippen LogP) is 1.63. The molecule has 1 unspecified atom stereocenters. The Kier molecular flexibility index (Phi) is 4.80. The summed E-state index contributed by atoms with van der Waals surface area (Å²) in [5.41, 5.74) is 12.1. The highest BCUT2D eigenvalue weighted by Gasteiger charge is 2.17. The zero-order valence-electron chi connectivity index (χ0n) is 11.8. The van der Waals surface area contributed by atoms with E-state index in [0.717, 1.165) is 11.8 Å². The Morgan fingerprint density at radius 1 is 1.32 bits per heavy atom. The molecule has 7 nitrogen and oxygen atoms in total. The van der Waals surface area contributed by atoms with Gasteiger partial charge in [-0.3, -0.25) is 4.79 Å². The van der Waals surface area contributed by atoms with E-state index in [0.29, 0.717) is 16.4 Å². The van der Waals surface area contributed by atoms with E-state index in [-0.39, 0.29) is 17.5 Å². The first-order valence-electron chi connectivity index (χ1n) is 6.36. The number of carbonyl (C=O) groups is 1. The van der Waals surface area contributed by atoms with Gasteiger partial charge in [0.15, 0.2) is 5.16 Å². The third kappa shape index (κ3) is 3.86. The van der Waals surface area contributed by atoms with Crippen LogP contribution in [0.4, 0.5) is 17.3 Å². The molecule has 1 aromatic carbocycles. The summed E-state index contributed by atoms with van der Waals surface area (Å²) in [5.74, 6) is 0.229. The average Bonchev–Trinajstić information content (AvgIpc) is 2.46. The van der Waals surface area contributed by atoms with Gasteiger partial charge in [0.25, 0.3) is 0 Å². The summed E-state index contributed by atoms with van der Waals surface area (Å²) in [6, 6.07) is 10.2. The molecule has 22 heavy (non-hydrogen) atoms. The number of nitrogen functional groups attached to an aromatic ring is 2. The molecule has 0 saturated carbocycles. The molecule has 0 aliphatic heterocycles. The van der Waals surface area contributed by atoms with Crippen LogP contribution in [0, 0.1) is 11.3 Å². The van der Waals surface area contributed by atoms with E-state index >= 15 is 0 Å². The molecule has 0 bridgehead atoms. The monoisotopic (exact) mass is 314 g/mol. The maximum absolute atomic E-state index is 12.2. The lowest BCUT2D eigenvalue weighted by Crippen LogP contribution is -2.23. The van der Waals surface area contributed by atoms with Crippen molar-refractivity contribution in [1.29, 1.82) is 5.26 Å². The second-order valence-corrected chi connectivity index (χ2v) is 5.71. The van der Waals surface area contributed by atoms with Crippen LogP contribution in [0.15, 0.2) is 35.5 Å². The number of hydrogen-bond donors (Lipinski definition) is 3. The first-order chi connectivity index (χ1) is 10.5. The minimum absolute atomic E-state index is 0.248. The van der Waals surface area contributed by atoms with Gasteiger partial charge in [0.2, 0.25) is 5.91 Å². The first kappa shape index (κ1) is 15.6. The molecule has 0 aliphatic carbocycles. The maximum Gasteiger partial charge on any atom is 0.237 e. The highest BCUT2D eigenvalue weighted by Crippen LogP contribution is 2.23. The molecule has 2 aromatic rings. The fourth-order valence-electron chi connectivity index (χ4n) is 1.65. The van der Waals surface area contributed by atoms with E-state index in [1.165, 1.54) is 6.07 Å². The number of aromatic nitrogens is 2. The number of nitrogens with two attached hydrogens (primary N) is 2. The van der Waals surface area contributed by atoms with Crippen LogP contribution in [-0.2, 0) is 4.79 Å². The van der Waals surface area contributed by atoms with Gasteiger partial charge in [0.05, 0.1) is 16.5 Å². The Morgan fingerprint density at radius 2 is 1.95 bits per heavy atom. The summed E-state index contributed by atoms with van der Waals surface area (Å²) in [7, 11) is 0. The van der Waals surface area contributed by atoms with Gasteiger partial charge in [-0.2, -0.15) is 5.26 Å². The molecule has 0 saturated heterocycles. The van der Waals surface area contributed by atoms with Gasteiger partial charge < -0.3 is 16.8 Å². The van der Waals surface area contributed by atoms with Gasteiger partial charge in [-0.05, 0) is 19.1 Å². The van der Waals surface area contributed by atoms with Crippen molar-refractivity contribution in [3.05, 3.63) is 35.9 Å². The molecule has 112 valence electrons. The molecule has 0 spiro atoms. The van der Waals surface area contributed by atoms with Crippen molar-refractivity contribution >= 4 is 35.0 Å². The summed E-state index contributed by atoms with van der Waals surface area (Å²) in [4.78, 5) is 20.2. The van der Waals surface area contributed by atoms with Crippen LogP contribution in [-0.4, -0.2) is 21.1 Å². The van der Waals surface area contributed by atoms with Crippen molar-refractivity contribution in [3.8, 4) is 6.07 Å². The highest BCUT2D eigenvalue weighted by atomic mass is 32.2. The second kappa shape index (κ2) is 6.78. The van der Waals surface area contributed by atoms with Crippen molar-refractivity contribution in [2.45, 2.75) is 17.3 Å². The fourth-order valence-corrected chi connectivity index (χ4v) is 2.45. The summed E-state index contributed by atoms with van der Waals surface area (Å²) in [5, 5.41) is 11.6. The number of thioether (sulfide) groups is 1. The number of nitrogens with zero attached hydrogens (tertiary/aromatic N) is 3. The van der Waals surface area contributed by atoms with Gasteiger partial charge >= 0.3 is 0 Å². The van der Waals surface area contributed by atoms with E-state index in [2.05, 4.69) is 15.3 Å². The molecule has 1 amide bonds. The van der Waals surface area contributed by atoms with E-state index in [9.17, 15) is 4.79 Å². The molecular formula is C14H14N6OS. The van der Waals surface area contributed by atoms with Crippen molar-refractivity contribution in [2.24, 2.45) is 0 Å². The fraction of sp³-hybridized carbons (Fsp3) is 0.143. The number of nitrogens with one attached hydrogen (secondary N) is 1. The minimum atomic E-state index is -0.479. The molecule has 0 radical (unpaired) electrons. The number of benzene rings is 1. The van der Waals surface area contributed by atoms with Crippen LogP contribution >= 0.6 is 11.8 Å². The van der Waals surface area contributed by atoms with Crippen molar-refractivity contribution in [2.75, 3.05) is 16.8 Å². The Morgan fingerprint density at radius 3 is 2.59 bits per heavy atom. The van der Waals surface area contributed by atoms with Crippen LogP contribution in [0.2, 0.25) is 0 Å². The topological polar surface area (TPSA) is 131 Å². The van der Waals surface area contributed by atoms with Gasteiger partial charge in [-0.1, -0.05) is 23.9 Å². The van der Waals surface area contributed by atoms with Crippen molar-refractivity contribution in [3.63, 3.8) is 0 Å². The number of nitriles is 1. The van der Waals surface area contributed by atoms with Crippen LogP contribution in [0.3, 0.4) is 0 Å². The lowest BCUT2D eigenvalue weighted by atomic mass is 10.2. The van der Waals surface area contributed by atoms with Gasteiger partial charge in [0.1, 0.15) is 17.7 Å². The van der Waals surface area contributed by atoms with Gasteiger partial charge in [-0.15, -0.1) is 0 Å². The largest absolute Gasteiger partial charge is 0.383 e. The number of rotatable bonds is 4. The molecule has 5 N–H and O–H groups in total. The zero-order chi connectivity index (χ0) is 16.1. The molecule has 1 aromatic heterocycles. The van der Waals surface area contributed by atoms with Crippen LogP contribution in [0.5, 0.6) is 0 Å². The second-order valence-electron chi connectivity index (χ2n) is 4.41. The number of hydrogen-bond acceptors (Lipinski definition) is 7. The van der Waals surface area contributed by atoms with Crippen LogP contribution < -0.4 is 16.8 Å². The van der Waals surface area contributed by atoms with E-state index < -0.39 is 5.25 Å². The lowest BCUT2D eigenvalue weighted by molar-refractivity contribution is -0.115. The Bertz CT molecular complexity index is 722. The molecular weight excluding hydrogens is 300 g/mol. The smallest absolute Gasteiger partial charge is 0.237 e. The molecule has 0 fully saturated rings. The maximum atomic E-state index is 12.2. The predicted molar refractivity (Wildman–Crippen MR) is 86.0 cm³/mol. The molecule has 0 aliphatic rings. The lowest BCUT2D eigenvalue weighted by Gasteiger charge is -2.12. The minimum Gasteiger partial charge on any atom is -0.383 e. The Hall–Kier alpha value is -2.79. The zero-order valence-corrected chi connectivity index (χ0v) is 12.6. The number of anilines is 3. The number of amides is 1. The van der Waals surface area contributed by atoms with Crippen molar-refractivity contribution < 1.29 is 4.79 Å². The summed E-state index contributed by atoms with van der Waals surface area (Å²) in [6.07, 6.45) is 0. The summed E-state index contributed by atoms with van der Waals surface area (Å²) in [6.45, 7) is 1.71. The van der Waals surface area contributed by atoms with Crippen LogP contribution in [0.25, 0.3) is 0 Å². The highest BCUT2D eigenvalue weighted by molar-refractivity contribution is 8.00. The SMILES string of the molecule is CC(Sc1nc(N)cc(N)n1)C(=O)Nc1ccccc1C#N. The number of carbonyl (C=O) groups excluding carboxylic acids is 1. The van der Waals surface area contributed by atoms with Crippen molar-refractivity contribution in [1.82, 2.24) is 9.97 Å². The van der Waals surface area contributed by atoms with Gasteiger partial charge in [-0.25, -0.2) is 9.97 Å². The van der Waals surface area contributed by atoms with Gasteiger partial charge in [0, 0.05) is 6.07 Å². The summed E-state index contributed by atoms with van der Waals surface area (Å²) < 4.78 is 0. The van der Waals surface area contributed by atoms with E-state index in [4.69, 9.17) is 16.7 Å².